The van der Waals surface area contributed by atoms with Gasteiger partial charge < -0.3 is 10.4 Å². The number of nitrogens with one attached hydrogen (secondary N) is 1. The molecule has 0 radical (unpaired) electrons. The lowest BCUT2D eigenvalue weighted by Gasteiger charge is -2.36. The Hall–Kier alpha value is -3.48. The number of alkyl halides is 6. The van der Waals surface area contributed by atoms with Gasteiger partial charge in [-0.25, -0.2) is 9.97 Å². The number of hydrogen-bond donors (Lipinski definition) is 2. The fourth-order valence-electron chi connectivity index (χ4n) is 4.25. The zero-order valence-electron chi connectivity index (χ0n) is 18.2. The van der Waals surface area contributed by atoms with Gasteiger partial charge >= 0.3 is 18.3 Å². The third-order valence-electron chi connectivity index (χ3n) is 5.83. The van der Waals surface area contributed by atoms with Gasteiger partial charge in [-0.1, -0.05) is 23.5 Å². The number of ketones is 1. The second-order valence-electron chi connectivity index (χ2n) is 8.43. The van der Waals surface area contributed by atoms with Crippen molar-refractivity contribution in [1.82, 2.24) is 9.97 Å². The molecular formula is C23H17F6N3O3S. The molecule has 2 N–H and O–H groups in total. The number of Topliss-reactive ketones (excluding diaryl/α,β-unsaturated/α-hetero) is 1. The van der Waals surface area contributed by atoms with E-state index in [2.05, 4.69) is 15.3 Å². The summed E-state index contributed by atoms with van der Waals surface area (Å²) < 4.78 is 77.6. The zero-order valence-corrected chi connectivity index (χ0v) is 19.0. The van der Waals surface area contributed by atoms with Crippen LogP contribution in [-0.4, -0.2) is 33.0 Å². The van der Waals surface area contributed by atoms with Crippen LogP contribution >= 0.6 is 11.3 Å². The number of thiazole rings is 1. The Morgan fingerprint density at radius 3 is 2.44 bits per heavy atom. The predicted molar refractivity (Wildman–Crippen MR) is 118 cm³/mol. The van der Waals surface area contributed by atoms with Crippen LogP contribution in [0.1, 0.15) is 40.9 Å². The van der Waals surface area contributed by atoms with Crippen LogP contribution in [0.5, 0.6) is 0 Å². The maximum absolute atomic E-state index is 13.2. The lowest BCUT2D eigenvalue weighted by Crippen LogP contribution is -2.41. The Balaban J connectivity index is 1.55. The van der Waals surface area contributed by atoms with Crippen LogP contribution in [0.4, 0.5) is 37.2 Å². The van der Waals surface area contributed by atoms with Crippen LogP contribution in [0.3, 0.4) is 0 Å². The standard InChI is InChI=1S/C23H17F6N3O3S/c24-22(25,26)11-21(8-18(33)34)6-5-12-7-13(1-3-15(12)19(21)35)16-10-31-20(36-16)32-14-2-4-17(30-9-14)23(27,28)29/h1-4,7,9-10H,5-6,8,11H2,(H,31,32)(H,33,34). The third kappa shape index (κ3) is 5.50. The second kappa shape index (κ2) is 9.19. The van der Waals surface area contributed by atoms with Gasteiger partial charge in [0.05, 0.1) is 35.0 Å². The van der Waals surface area contributed by atoms with E-state index in [1.54, 1.807) is 6.07 Å². The molecule has 1 aliphatic carbocycles. The number of aliphatic carboxylic acids is 1. The van der Waals surface area contributed by atoms with Gasteiger partial charge in [0.25, 0.3) is 0 Å². The smallest absolute Gasteiger partial charge is 0.433 e. The largest absolute Gasteiger partial charge is 0.481 e. The Bertz CT molecular complexity index is 1300. The van der Waals surface area contributed by atoms with E-state index < -0.39 is 48.1 Å². The maximum Gasteiger partial charge on any atom is 0.433 e. The summed E-state index contributed by atoms with van der Waals surface area (Å²) in [6, 6.07) is 6.64. The number of anilines is 2. The van der Waals surface area contributed by atoms with Gasteiger partial charge in [-0.05, 0) is 42.2 Å². The quantitative estimate of drug-likeness (QED) is 0.354. The fourth-order valence-corrected chi connectivity index (χ4v) is 5.08. The van der Waals surface area contributed by atoms with E-state index in [0.717, 1.165) is 12.3 Å². The maximum atomic E-state index is 13.2. The molecule has 0 aliphatic heterocycles. The van der Waals surface area contributed by atoms with E-state index in [9.17, 15) is 35.9 Å². The first-order chi connectivity index (χ1) is 16.8. The molecule has 0 saturated carbocycles. The van der Waals surface area contributed by atoms with Crippen LogP contribution in [0, 0.1) is 5.41 Å². The molecule has 1 atom stereocenters. The molecule has 2 heterocycles. The number of carbonyl (C=O) groups excluding carboxylic acids is 1. The van der Waals surface area contributed by atoms with Gasteiger partial charge in [0.2, 0.25) is 0 Å². The summed E-state index contributed by atoms with van der Waals surface area (Å²) in [5.74, 6) is -2.31. The number of rotatable bonds is 6. The Labute approximate surface area is 204 Å². The number of carboxylic acid groups (broad SMARTS) is 1. The topological polar surface area (TPSA) is 92.2 Å². The molecule has 1 aliphatic rings. The molecule has 4 rings (SSSR count). The van der Waals surface area contributed by atoms with Crippen molar-refractivity contribution in [3.05, 3.63) is 59.5 Å². The molecule has 0 saturated heterocycles. The molecule has 0 fully saturated rings. The Morgan fingerprint density at radius 2 is 1.83 bits per heavy atom. The molecule has 1 aromatic carbocycles. The molecule has 0 amide bonds. The van der Waals surface area contributed by atoms with Crippen LogP contribution < -0.4 is 5.32 Å². The molecule has 13 heteroatoms. The highest BCUT2D eigenvalue weighted by molar-refractivity contribution is 7.18. The van der Waals surface area contributed by atoms with Crippen molar-refractivity contribution in [2.24, 2.45) is 5.41 Å². The third-order valence-corrected chi connectivity index (χ3v) is 6.79. The fraction of sp³-hybridized carbons (Fsp3) is 0.304. The lowest BCUT2D eigenvalue weighted by atomic mass is 9.66. The second-order valence-corrected chi connectivity index (χ2v) is 9.46. The first-order valence-electron chi connectivity index (χ1n) is 10.5. The number of aromatic nitrogens is 2. The van der Waals surface area contributed by atoms with Crippen LogP contribution in [0.2, 0.25) is 0 Å². The number of carbonyl (C=O) groups is 2. The van der Waals surface area contributed by atoms with E-state index in [4.69, 9.17) is 5.11 Å². The first kappa shape index (κ1) is 25.6. The van der Waals surface area contributed by atoms with E-state index >= 15 is 0 Å². The molecule has 2 aromatic heterocycles. The van der Waals surface area contributed by atoms with E-state index in [1.165, 1.54) is 35.7 Å². The number of benzene rings is 1. The van der Waals surface area contributed by atoms with Crippen molar-refractivity contribution in [3.63, 3.8) is 0 Å². The van der Waals surface area contributed by atoms with Crippen molar-refractivity contribution >= 4 is 33.9 Å². The van der Waals surface area contributed by atoms with Crippen molar-refractivity contribution in [1.29, 1.82) is 0 Å². The number of halogens is 6. The monoisotopic (exact) mass is 529 g/mol. The predicted octanol–water partition coefficient (Wildman–Crippen LogP) is 6.51. The normalized spacial score (nSPS) is 18.1. The highest BCUT2D eigenvalue weighted by Crippen LogP contribution is 2.46. The summed E-state index contributed by atoms with van der Waals surface area (Å²) >= 11 is 1.17. The van der Waals surface area contributed by atoms with Gasteiger partial charge in [-0.3, -0.25) is 9.59 Å². The van der Waals surface area contributed by atoms with E-state index in [-0.39, 0.29) is 18.4 Å². The molecular weight excluding hydrogens is 512 g/mol. The van der Waals surface area contributed by atoms with Gasteiger partial charge in [-0.2, -0.15) is 26.3 Å². The van der Waals surface area contributed by atoms with Crippen molar-refractivity contribution in [2.75, 3.05) is 5.32 Å². The number of fused-ring (bicyclic) bond motifs is 1. The average molecular weight is 529 g/mol. The molecule has 1 unspecified atom stereocenters. The van der Waals surface area contributed by atoms with Crippen LogP contribution in [0.15, 0.2) is 42.7 Å². The number of aryl methyl sites for hydroxylation is 1. The lowest BCUT2D eigenvalue weighted by molar-refractivity contribution is -0.160. The summed E-state index contributed by atoms with van der Waals surface area (Å²) in [7, 11) is 0. The summed E-state index contributed by atoms with van der Waals surface area (Å²) in [4.78, 5) is 32.5. The van der Waals surface area contributed by atoms with E-state index in [1.807, 2.05) is 0 Å². The van der Waals surface area contributed by atoms with Crippen LogP contribution in [-0.2, 0) is 17.4 Å². The molecule has 36 heavy (non-hydrogen) atoms. The number of hydrogen-bond acceptors (Lipinski definition) is 6. The highest BCUT2D eigenvalue weighted by atomic mass is 32.1. The van der Waals surface area contributed by atoms with Gasteiger partial charge in [0, 0.05) is 11.8 Å². The van der Waals surface area contributed by atoms with Gasteiger partial charge in [0.1, 0.15) is 5.69 Å². The van der Waals surface area contributed by atoms with Crippen molar-refractivity contribution in [3.8, 4) is 10.4 Å². The Kier molecular flexibility index (Phi) is 6.54. The summed E-state index contributed by atoms with van der Waals surface area (Å²) in [5.41, 5.74) is -1.57. The summed E-state index contributed by atoms with van der Waals surface area (Å²) in [5, 5.41) is 12.4. The van der Waals surface area contributed by atoms with Gasteiger partial charge in [-0.15, -0.1) is 0 Å². The van der Waals surface area contributed by atoms with E-state index in [0.29, 0.717) is 26.8 Å². The minimum absolute atomic E-state index is 0.0641. The Morgan fingerprint density at radius 1 is 1.08 bits per heavy atom. The van der Waals surface area contributed by atoms with Crippen molar-refractivity contribution < 1.29 is 41.0 Å². The van der Waals surface area contributed by atoms with Crippen LogP contribution in [0.25, 0.3) is 10.4 Å². The summed E-state index contributed by atoms with van der Waals surface area (Å²) in [6.45, 7) is 0. The SMILES string of the molecule is O=C(O)CC1(CC(F)(F)F)CCc2cc(-c3cnc(Nc4ccc(C(F)(F)F)nc4)s3)ccc2C1=O. The first-order valence-corrected chi connectivity index (χ1v) is 11.3. The minimum Gasteiger partial charge on any atom is -0.481 e. The molecule has 0 bridgehead atoms. The van der Waals surface area contributed by atoms with Crippen molar-refractivity contribution in [2.45, 2.75) is 38.0 Å². The zero-order chi connectivity index (χ0) is 26.3. The molecule has 6 nitrogen and oxygen atoms in total. The molecule has 190 valence electrons. The number of nitrogens with zero attached hydrogens (tertiary/aromatic N) is 2. The molecule has 3 aromatic rings. The van der Waals surface area contributed by atoms with Gasteiger partial charge in [0.15, 0.2) is 10.9 Å². The number of carboxylic acids is 1. The highest BCUT2D eigenvalue weighted by Gasteiger charge is 2.51. The summed E-state index contributed by atoms with van der Waals surface area (Å²) in [6.07, 6.45) is -9.28. The number of pyridine rings is 1. The average Bonchev–Trinajstić information content (AvgIpc) is 3.23. The minimum atomic E-state index is -4.70. The molecule has 0 spiro atoms.